The molecule has 2 N–H and O–H groups in total. The average Bonchev–Trinajstić information content (AvgIpc) is 3.29. The van der Waals surface area contributed by atoms with E-state index in [-0.39, 0.29) is 5.69 Å². The number of aromatic nitrogens is 4. The van der Waals surface area contributed by atoms with Crippen LogP contribution in [0.3, 0.4) is 0 Å². The minimum atomic E-state index is -0.480. The quantitative estimate of drug-likeness (QED) is 0.307. The lowest BCUT2D eigenvalue weighted by Gasteiger charge is -2.04. The number of aryl methyl sites for hydroxylation is 1. The molecule has 4 aromatic rings. The van der Waals surface area contributed by atoms with Gasteiger partial charge in [0.25, 0.3) is 5.69 Å². The Morgan fingerprint density at radius 2 is 2.03 bits per heavy atom. The number of hydrogen-bond donors (Lipinski definition) is 2. The standard InChI is InChI=1S/C20H16N6O3/c1-13-11-18(25(24-13)20-21-16-7-2-3-8-17(16)22-20)23-19(27)10-9-14-5-4-6-15(12-14)26(28)29/h2-12H,1H3,(H,21,22)(H,23,27). The molecule has 0 radical (unpaired) electrons. The molecule has 0 unspecified atom stereocenters. The van der Waals surface area contributed by atoms with E-state index in [1.165, 1.54) is 29.0 Å². The number of non-ortho nitro benzene ring substituents is 1. The van der Waals surface area contributed by atoms with Gasteiger partial charge in [-0.3, -0.25) is 14.9 Å². The zero-order chi connectivity index (χ0) is 20.4. The Balaban J connectivity index is 1.56. The molecule has 0 bridgehead atoms. The van der Waals surface area contributed by atoms with Gasteiger partial charge in [0.15, 0.2) is 0 Å². The number of nitrogens with zero attached hydrogens (tertiary/aromatic N) is 4. The van der Waals surface area contributed by atoms with Crippen LogP contribution in [0, 0.1) is 17.0 Å². The first-order chi connectivity index (χ1) is 14.0. The van der Waals surface area contributed by atoms with E-state index in [0.29, 0.717) is 23.0 Å². The fourth-order valence-corrected chi connectivity index (χ4v) is 2.87. The Bertz CT molecular complexity index is 1220. The molecule has 9 nitrogen and oxygen atoms in total. The van der Waals surface area contributed by atoms with Gasteiger partial charge in [-0.05, 0) is 30.7 Å². The summed E-state index contributed by atoms with van der Waals surface area (Å²) in [6.45, 7) is 1.81. The summed E-state index contributed by atoms with van der Waals surface area (Å²) in [5.74, 6) is 0.543. The Morgan fingerprint density at radius 1 is 1.21 bits per heavy atom. The topological polar surface area (TPSA) is 119 Å². The molecule has 0 aliphatic heterocycles. The number of para-hydroxylation sites is 2. The van der Waals surface area contributed by atoms with Crippen LogP contribution in [0.1, 0.15) is 11.3 Å². The van der Waals surface area contributed by atoms with Crippen LogP contribution in [-0.4, -0.2) is 30.6 Å². The van der Waals surface area contributed by atoms with Crippen molar-refractivity contribution in [3.8, 4) is 5.95 Å². The molecule has 0 spiro atoms. The van der Waals surface area contributed by atoms with Crippen molar-refractivity contribution in [3.63, 3.8) is 0 Å². The lowest BCUT2D eigenvalue weighted by Crippen LogP contribution is -2.13. The Morgan fingerprint density at radius 3 is 2.83 bits per heavy atom. The van der Waals surface area contributed by atoms with Gasteiger partial charge in [0.1, 0.15) is 5.82 Å². The molecule has 144 valence electrons. The number of carbonyl (C=O) groups is 1. The Labute approximate surface area is 164 Å². The predicted octanol–water partition coefficient (Wildman–Crippen LogP) is 3.62. The monoisotopic (exact) mass is 388 g/mol. The molecule has 0 aliphatic rings. The van der Waals surface area contributed by atoms with E-state index in [2.05, 4.69) is 20.4 Å². The smallest absolute Gasteiger partial charge is 0.270 e. The van der Waals surface area contributed by atoms with Gasteiger partial charge in [-0.15, -0.1) is 0 Å². The van der Waals surface area contributed by atoms with E-state index in [9.17, 15) is 14.9 Å². The molecule has 0 saturated heterocycles. The molecule has 0 atom stereocenters. The molecule has 4 rings (SSSR count). The van der Waals surface area contributed by atoms with Gasteiger partial charge in [-0.2, -0.15) is 9.78 Å². The minimum absolute atomic E-state index is 0.0360. The SMILES string of the molecule is Cc1cc(NC(=O)C=Cc2cccc([N+](=O)[O-])c2)n(-c2nc3ccccc3[nH]2)n1. The molecule has 9 heteroatoms. The number of fused-ring (bicyclic) bond motifs is 1. The molecule has 0 aliphatic carbocycles. The third-order valence-corrected chi connectivity index (χ3v) is 4.17. The molecular weight excluding hydrogens is 372 g/mol. The van der Waals surface area contributed by atoms with Crippen molar-refractivity contribution in [1.82, 2.24) is 19.7 Å². The summed E-state index contributed by atoms with van der Waals surface area (Å²) in [6, 6.07) is 15.3. The van der Waals surface area contributed by atoms with Gasteiger partial charge in [-0.25, -0.2) is 4.98 Å². The van der Waals surface area contributed by atoms with Crippen LogP contribution in [0.2, 0.25) is 0 Å². The van der Waals surface area contributed by atoms with Crippen LogP contribution >= 0.6 is 0 Å². The Hall–Kier alpha value is -4.27. The normalized spacial score (nSPS) is 11.2. The molecule has 2 aromatic heterocycles. The fraction of sp³-hybridized carbons (Fsp3) is 0.0500. The maximum Gasteiger partial charge on any atom is 0.270 e. The summed E-state index contributed by atoms with van der Waals surface area (Å²) in [5.41, 5.74) is 2.88. The summed E-state index contributed by atoms with van der Waals surface area (Å²) in [6.07, 6.45) is 2.82. The number of H-pyrrole nitrogens is 1. The van der Waals surface area contributed by atoms with E-state index in [1.807, 2.05) is 31.2 Å². The van der Waals surface area contributed by atoms with Crippen LogP contribution in [0.25, 0.3) is 23.1 Å². The largest absolute Gasteiger partial charge is 0.322 e. The van der Waals surface area contributed by atoms with Gasteiger partial charge in [0.2, 0.25) is 11.9 Å². The van der Waals surface area contributed by atoms with Crippen LogP contribution in [0.15, 0.2) is 60.7 Å². The van der Waals surface area contributed by atoms with E-state index >= 15 is 0 Å². The maximum atomic E-state index is 12.4. The van der Waals surface area contributed by atoms with Crippen molar-refractivity contribution in [2.24, 2.45) is 0 Å². The van der Waals surface area contributed by atoms with E-state index < -0.39 is 10.8 Å². The van der Waals surface area contributed by atoms with Crippen molar-refractivity contribution >= 4 is 34.5 Å². The highest BCUT2D eigenvalue weighted by Crippen LogP contribution is 2.19. The van der Waals surface area contributed by atoms with Gasteiger partial charge < -0.3 is 10.3 Å². The van der Waals surface area contributed by atoms with Gasteiger partial charge >= 0.3 is 0 Å². The maximum absolute atomic E-state index is 12.4. The van der Waals surface area contributed by atoms with Crippen LogP contribution in [-0.2, 0) is 4.79 Å². The number of nitrogens with one attached hydrogen (secondary N) is 2. The van der Waals surface area contributed by atoms with Gasteiger partial charge in [0, 0.05) is 24.3 Å². The van der Waals surface area contributed by atoms with Gasteiger partial charge in [-0.1, -0.05) is 24.3 Å². The first-order valence-corrected chi connectivity index (χ1v) is 8.75. The van der Waals surface area contributed by atoms with Crippen LogP contribution in [0.5, 0.6) is 0 Å². The Kier molecular flexibility index (Phi) is 4.62. The van der Waals surface area contributed by atoms with Crippen LogP contribution < -0.4 is 5.32 Å². The number of hydrogen-bond acceptors (Lipinski definition) is 5. The summed E-state index contributed by atoms with van der Waals surface area (Å²) in [7, 11) is 0. The number of nitro benzene ring substituents is 1. The third kappa shape index (κ3) is 3.88. The number of amides is 1. The average molecular weight is 388 g/mol. The molecule has 0 saturated carbocycles. The third-order valence-electron chi connectivity index (χ3n) is 4.17. The highest BCUT2D eigenvalue weighted by Gasteiger charge is 2.13. The lowest BCUT2D eigenvalue weighted by atomic mass is 10.2. The highest BCUT2D eigenvalue weighted by atomic mass is 16.6. The van der Waals surface area contributed by atoms with Crippen molar-refractivity contribution < 1.29 is 9.72 Å². The second-order valence-corrected chi connectivity index (χ2v) is 6.34. The number of anilines is 1. The molecule has 0 fully saturated rings. The van der Waals surface area contributed by atoms with Crippen molar-refractivity contribution in [2.45, 2.75) is 6.92 Å². The number of rotatable bonds is 5. The van der Waals surface area contributed by atoms with Gasteiger partial charge in [0.05, 0.1) is 21.7 Å². The first kappa shape index (κ1) is 18.1. The number of nitro groups is 1. The van der Waals surface area contributed by atoms with Crippen molar-refractivity contribution in [2.75, 3.05) is 5.32 Å². The number of imidazole rings is 1. The van der Waals surface area contributed by atoms with Crippen LogP contribution in [0.4, 0.5) is 11.5 Å². The highest BCUT2D eigenvalue weighted by molar-refractivity contribution is 6.01. The van der Waals surface area contributed by atoms with Crippen molar-refractivity contribution in [1.29, 1.82) is 0 Å². The molecule has 1 amide bonds. The zero-order valence-electron chi connectivity index (χ0n) is 15.4. The second kappa shape index (κ2) is 7.39. The second-order valence-electron chi connectivity index (χ2n) is 6.34. The number of benzene rings is 2. The summed E-state index contributed by atoms with van der Waals surface area (Å²) < 4.78 is 1.52. The minimum Gasteiger partial charge on any atom is -0.322 e. The summed E-state index contributed by atoms with van der Waals surface area (Å²) in [5, 5.41) is 18.0. The zero-order valence-corrected chi connectivity index (χ0v) is 15.4. The predicted molar refractivity (Wildman–Crippen MR) is 109 cm³/mol. The summed E-state index contributed by atoms with van der Waals surface area (Å²) in [4.78, 5) is 30.4. The van der Waals surface area contributed by atoms with Crippen molar-refractivity contribution in [3.05, 3.63) is 82.0 Å². The summed E-state index contributed by atoms with van der Waals surface area (Å²) >= 11 is 0. The number of aromatic amines is 1. The van der Waals surface area contributed by atoms with E-state index in [4.69, 9.17) is 0 Å². The fourth-order valence-electron chi connectivity index (χ4n) is 2.87. The first-order valence-electron chi connectivity index (χ1n) is 8.75. The molecular formula is C20H16N6O3. The van der Waals surface area contributed by atoms with E-state index in [0.717, 1.165) is 11.0 Å². The van der Waals surface area contributed by atoms with E-state index in [1.54, 1.807) is 18.2 Å². The number of carbonyl (C=O) groups excluding carboxylic acids is 1. The lowest BCUT2D eigenvalue weighted by molar-refractivity contribution is -0.384. The molecule has 29 heavy (non-hydrogen) atoms. The molecule has 2 heterocycles. The molecule has 2 aromatic carbocycles.